The number of likely N-dealkylation sites (N-methyl/N-ethyl adjacent to an activating group) is 1. The molecule has 0 aliphatic carbocycles. The molecule has 3 unspecified atom stereocenters. The molecule has 3 atom stereocenters. The second-order valence-electron chi connectivity index (χ2n) is 6.86. The highest BCUT2D eigenvalue weighted by atomic mass is 16.5. The number of anilines is 1. The molecule has 2 saturated heterocycles. The Bertz CT molecular complexity index is 701. The van der Waals surface area contributed by atoms with Crippen molar-refractivity contribution in [1.29, 1.82) is 0 Å². The van der Waals surface area contributed by atoms with Crippen LogP contribution in [-0.4, -0.2) is 58.3 Å². The van der Waals surface area contributed by atoms with Gasteiger partial charge in [-0.2, -0.15) is 0 Å². The first-order valence-corrected chi connectivity index (χ1v) is 8.87. The number of ether oxygens (including phenoxy) is 1. The number of aromatic nitrogens is 3. The molecule has 2 aliphatic heterocycles. The van der Waals surface area contributed by atoms with E-state index in [9.17, 15) is 0 Å². The Hall–Kier alpha value is -1.70. The zero-order valence-corrected chi connectivity index (χ0v) is 14.2. The first-order valence-electron chi connectivity index (χ1n) is 8.87. The molecular weight excluding hydrogens is 304 g/mol. The molecule has 4 heterocycles. The molecule has 0 spiro atoms. The highest BCUT2D eigenvalue weighted by Crippen LogP contribution is 2.33. The summed E-state index contributed by atoms with van der Waals surface area (Å²) in [6.07, 6.45) is 8.57. The summed E-state index contributed by atoms with van der Waals surface area (Å²) in [7, 11) is 2.03. The lowest BCUT2D eigenvalue weighted by Crippen LogP contribution is -2.41. The van der Waals surface area contributed by atoms with Gasteiger partial charge < -0.3 is 20.4 Å². The monoisotopic (exact) mass is 330 g/mol. The lowest BCUT2D eigenvalue weighted by Gasteiger charge is -2.27. The van der Waals surface area contributed by atoms with E-state index >= 15 is 0 Å². The van der Waals surface area contributed by atoms with E-state index in [-0.39, 0.29) is 6.23 Å². The number of likely N-dealkylation sites (tertiary alicyclic amines) is 1. The van der Waals surface area contributed by atoms with Gasteiger partial charge in [-0.15, -0.1) is 0 Å². The lowest BCUT2D eigenvalue weighted by molar-refractivity contribution is -0.0129. The summed E-state index contributed by atoms with van der Waals surface area (Å²) in [5.74, 6) is 0.528. The summed E-state index contributed by atoms with van der Waals surface area (Å²) < 4.78 is 8.44. The van der Waals surface area contributed by atoms with Crippen LogP contribution in [-0.2, 0) is 4.74 Å². The van der Waals surface area contributed by atoms with Crippen molar-refractivity contribution in [2.24, 2.45) is 0 Å². The quantitative estimate of drug-likeness (QED) is 0.862. The second kappa shape index (κ2) is 6.66. The van der Waals surface area contributed by atoms with Crippen LogP contribution in [0.3, 0.4) is 0 Å². The van der Waals surface area contributed by atoms with E-state index in [1.807, 2.05) is 19.3 Å². The summed E-state index contributed by atoms with van der Waals surface area (Å²) in [4.78, 5) is 11.0. The van der Waals surface area contributed by atoms with E-state index in [2.05, 4.69) is 24.8 Å². The molecule has 0 bridgehead atoms. The average molecular weight is 330 g/mol. The third-order valence-electron chi connectivity index (χ3n) is 5.31. The van der Waals surface area contributed by atoms with Gasteiger partial charge in [0, 0.05) is 25.3 Å². The Morgan fingerprint density at radius 2 is 2.25 bits per heavy atom. The molecule has 2 aromatic heterocycles. The van der Waals surface area contributed by atoms with Crippen LogP contribution < -0.4 is 11.1 Å². The maximum atomic E-state index is 6.34. The van der Waals surface area contributed by atoms with Gasteiger partial charge in [-0.25, -0.2) is 9.97 Å². The number of nitrogen functional groups attached to an aromatic ring is 1. The fourth-order valence-electron chi connectivity index (χ4n) is 4.11. The van der Waals surface area contributed by atoms with E-state index in [0.717, 1.165) is 37.0 Å². The van der Waals surface area contributed by atoms with Crippen molar-refractivity contribution >= 4 is 16.9 Å². The van der Waals surface area contributed by atoms with Crippen molar-refractivity contribution in [3.8, 4) is 0 Å². The molecule has 24 heavy (non-hydrogen) atoms. The Kier molecular flexibility index (Phi) is 4.39. The van der Waals surface area contributed by atoms with Crippen molar-refractivity contribution in [2.75, 3.05) is 32.4 Å². The summed E-state index contributed by atoms with van der Waals surface area (Å²) >= 11 is 0. The minimum atomic E-state index is 0.0483. The van der Waals surface area contributed by atoms with Crippen molar-refractivity contribution in [2.45, 2.75) is 44.1 Å². The van der Waals surface area contributed by atoms with Gasteiger partial charge in [-0.3, -0.25) is 4.90 Å². The number of nitrogens with zero attached hydrogens (tertiary/aromatic N) is 4. The molecule has 7 heteroatoms. The summed E-state index contributed by atoms with van der Waals surface area (Å²) in [5, 5.41) is 4.21. The molecular formula is C17H26N6O. The van der Waals surface area contributed by atoms with Crippen LogP contribution in [0.15, 0.2) is 18.6 Å². The van der Waals surface area contributed by atoms with Crippen molar-refractivity contribution in [1.82, 2.24) is 24.8 Å². The predicted molar refractivity (Wildman–Crippen MR) is 93.6 cm³/mol. The first-order chi connectivity index (χ1) is 11.8. The highest BCUT2D eigenvalue weighted by molar-refractivity contribution is 5.86. The van der Waals surface area contributed by atoms with Crippen LogP contribution in [0.4, 0.5) is 5.82 Å². The third kappa shape index (κ3) is 2.87. The van der Waals surface area contributed by atoms with E-state index in [4.69, 9.17) is 10.5 Å². The molecule has 0 amide bonds. The first kappa shape index (κ1) is 15.8. The smallest absolute Gasteiger partial charge is 0.147 e. The van der Waals surface area contributed by atoms with Crippen LogP contribution >= 0.6 is 0 Å². The van der Waals surface area contributed by atoms with Gasteiger partial charge in [0.2, 0.25) is 0 Å². The zero-order valence-electron chi connectivity index (χ0n) is 14.2. The number of hydrogen-bond donors (Lipinski definition) is 2. The van der Waals surface area contributed by atoms with Gasteiger partial charge in [0.25, 0.3) is 0 Å². The predicted octanol–water partition coefficient (Wildman–Crippen LogP) is 1.37. The van der Waals surface area contributed by atoms with E-state index in [0.29, 0.717) is 18.0 Å². The molecule has 0 saturated carbocycles. The summed E-state index contributed by atoms with van der Waals surface area (Å²) in [6.45, 7) is 3.28. The summed E-state index contributed by atoms with van der Waals surface area (Å²) in [6, 6.07) is 2.63. The van der Waals surface area contributed by atoms with Crippen molar-refractivity contribution in [3.05, 3.63) is 18.6 Å². The SMILES string of the molecule is CNCC1CCCN1CC1CCC(n2ccc3c(N)ncnc32)O1. The third-order valence-corrected chi connectivity index (χ3v) is 5.31. The van der Waals surface area contributed by atoms with E-state index in [1.165, 1.54) is 25.7 Å². The van der Waals surface area contributed by atoms with E-state index < -0.39 is 0 Å². The minimum Gasteiger partial charge on any atom is -0.383 e. The van der Waals surface area contributed by atoms with E-state index in [1.54, 1.807) is 0 Å². The topological polar surface area (TPSA) is 81.2 Å². The minimum absolute atomic E-state index is 0.0483. The van der Waals surface area contributed by atoms with Gasteiger partial charge >= 0.3 is 0 Å². The van der Waals surface area contributed by atoms with Crippen molar-refractivity contribution < 1.29 is 4.74 Å². The number of nitrogens with one attached hydrogen (secondary N) is 1. The molecule has 0 radical (unpaired) electrons. The largest absolute Gasteiger partial charge is 0.383 e. The maximum Gasteiger partial charge on any atom is 0.147 e. The van der Waals surface area contributed by atoms with Crippen LogP contribution in [0.5, 0.6) is 0 Å². The van der Waals surface area contributed by atoms with Gasteiger partial charge in [0.1, 0.15) is 24.0 Å². The molecule has 4 rings (SSSR count). The molecule has 2 aromatic rings. The van der Waals surface area contributed by atoms with Gasteiger partial charge in [0.05, 0.1) is 11.5 Å². The molecule has 0 aromatic carbocycles. The Morgan fingerprint density at radius 1 is 1.33 bits per heavy atom. The number of nitrogens with two attached hydrogens (primary N) is 1. The highest BCUT2D eigenvalue weighted by Gasteiger charge is 2.32. The molecule has 3 N–H and O–H groups in total. The standard InChI is InChI=1S/C17H26N6O/c1-19-9-12-3-2-7-22(12)10-13-4-5-15(24-13)23-8-6-14-16(18)20-11-21-17(14)23/h6,8,11-13,15,19H,2-5,7,9-10H2,1H3,(H2,18,20,21). The second-order valence-corrected chi connectivity index (χ2v) is 6.86. The Balaban J connectivity index is 1.43. The van der Waals surface area contributed by atoms with Gasteiger partial charge in [-0.05, 0) is 45.3 Å². The van der Waals surface area contributed by atoms with Crippen molar-refractivity contribution in [3.63, 3.8) is 0 Å². The van der Waals surface area contributed by atoms with Crippen LogP contribution in [0.2, 0.25) is 0 Å². The van der Waals surface area contributed by atoms with Crippen LogP contribution in [0.1, 0.15) is 31.9 Å². The zero-order chi connectivity index (χ0) is 16.5. The fraction of sp³-hybridized carbons (Fsp3) is 0.647. The maximum absolute atomic E-state index is 6.34. The van der Waals surface area contributed by atoms with Gasteiger partial charge in [-0.1, -0.05) is 0 Å². The number of rotatable bonds is 5. The number of hydrogen-bond acceptors (Lipinski definition) is 6. The fourth-order valence-corrected chi connectivity index (χ4v) is 4.11. The Morgan fingerprint density at radius 3 is 3.12 bits per heavy atom. The molecule has 7 nitrogen and oxygen atoms in total. The molecule has 2 fully saturated rings. The lowest BCUT2D eigenvalue weighted by atomic mass is 10.2. The Labute approximate surface area is 142 Å². The average Bonchev–Trinajstić information content (AvgIpc) is 3.29. The normalized spacial score (nSPS) is 28.1. The number of fused-ring (bicyclic) bond motifs is 1. The summed E-state index contributed by atoms with van der Waals surface area (Å²) in [5.41, 5.74) is 6.79. The molecule has 2 aliphatic rings. The van der Waals surface area contributed by atoms with Crippen LogP contribution in [0, 0.1) is 0 Å². The van der Waals surface area contributed by atoms with Gasteiger partial charge in [0.15, 0.2) is 0 Å². The van der Waals surface area contributed by atoms with Crippen LogP contribution in [0.25, 0.3) is 11.0 Å². The molecule has 130 valence electrons.